The predicted molar refractivity (Wildman–Crippen MR) is 52.5 cm³/mol. The number of carboxylic acids is 1. The second kappa shape index (κ2) is 5.07. The Bertz CT molecular complexity index is 455. The van der Waals surface area contributed by atoms with Gasteiger partial charge in [-0.1, -0.05) is 0 Å². The van der Waals surface area contributed by atoms with Gasteiger partial charge >= 0.3 is 12.1 Å². The van der Waals surface area contributed by atoms with Crippen LogP contribution in [0.3, 0.4) is 0 Å². The number of nitrogens with zero attached hydrogens (tertiary/aromatic N) is 2. The van der Waals surface area contributed by atoms with E-state index >= 15 is 0 Å². The topological polar surface area (TPSA) is 84.2 Å². The van der Waals surface area contributed by atoms with Gasteiger partial charge in [-0.3, -0.25) is 14.3 Å². The first kappa shape index (κ1) is 14.0. The molecule has 1 amide bonds. The summed E-state index contributed by atoms with van der Waals surface area (Å²) in [5.41, 5.74) is -1.11. The molecule has 0 bridgehead atoms. The maximum Gasteiger partial charge on any atom is 0.435 e. The molecule has 1 atom stereocenters. The van der Waals surface area contributed by atoms with Crippen LogP contribution < -0.4 is 5.32 Å². The second-order valence-corrected chi connectivity index (χ2v) is 3.52. The lowest BCUT2D eigenvalue weighted by Gasteiger charge is -2.09. The van der Waals surface area contributed by atoms with Crippen LogP contribution >= 0.6 is 0 Å². The number of carbonyl (C=O) groups excluding carboxylic acids is 1. The van der Waals surface area contributed by atoms with E-state index in [1.165, 1.54) is 6.92 Å². The standard InChI is InChI=1S/C9H10F3N3O3/c1-5(8(17)18)13-7(16)4-15-3-2-6(14-15)9(10,11)12/h2-3,5H,4H2,1H3,(H,13,16)(H,17,18)/t5-/m0/s1. The maximum absolute atomic E-state index is 12.2. The summed E-state index contributed by atoms with van der Waals surface area (Å²) >= 11 is 0. The van der Waals surface area contributed by atoms with Gasteiger partial charge in [0.1, 0.15) is 12.6 Å². The lowest BCUT2D eigenvalue weighted by atomic mass is 10.3. The summed E-state index contributed by atoms with van der Waals surface area (Å²) < 4.78 is 37.4. The van der Waals surface area contributed by atoms with Gasteiger partial charge < -0.3 is 10.4 Å². The number of alkyl halides is 3. The summed E-state index contributed by atoms with van der Waals surface area (Å²) in [7, 11) is 0. The van der Waals surface area contributed by atoms with Gasteiger partial charge in [-0.2, -0.15) is 18.3 Å². The molecule has 2 N–H and O–H groups in total. The quantitative estimate of drug-likeness (QED) is 0.829. The molecule has 0 aliphatic rings. The van der Waals surface area contributed by atoms with Gasteiger partial charge in [-0.05, 0) is 13.0 Å². The molecule has 0 spiro atoms. The minimum absolute atomic E-state index is 0.478. The van der Waals surface area contributed by atoms with Crippen LogP contribution in [0.5, 0.6) is 0 Å². The van der Waals surface area contributed by atoms with Crippen molar-refractivity contribution in [2.75, 3.05) is 0 Å². The van der Waals surface area contributed by atoms with E-state index in [1.54, 1.807) is 0 Å². The number of nitrogens with one attached hydrogen (secondary N) is 1. The molecule has 0 aliphatic carbocycles. The molecule has 0 radical (unpaired) electrons. The minimum Gasteiger partial charge on any atom is -0.480 e. The molecule has 0 saturated heterocycles. The lowest BCUT2D eigenvalue weighted by molar-refractivity contribution is -0.141. The van der Waals surface area contributed by atoms with E-state index < -0.39 is 36.3 Å². The monoisotopic (exact) mass is 265 g/mol. The molecule has 0 aliphatic heterocycles. The average Bonchev–Trinajstić information content (AvgIpc) is 2.64. The number of hydrogen-bond acceptors (Lipinski definition) is 3. The zero-order valence-electron chi connectivity index (χ0n) is 9.23. The van der Waals surface area contributed by atoms with Gasteiger partial charge in [0.25, 0.3) is 0 Å². The van der Waals surface area contributed by atoms with Crippen molar-refractivity contribution in [3.63, 3.8) is 0 Å². The van der Waals surface area contributed by atoms with Gasteiger partial charge in [-0.25, -0.2) is 0 Å². The molecule has 1 rings (SSSR count). The van der Waals surface area contributed by atoms with E-state index in [2.05, 4.69) is 10.4 Å². The second-order valence-electron chi connectivity index (χ2n) is 3.52. The smallest absolute Gasteiger partial charge is 0.435 e. The van der Waals surface area contributed by atoms with Crippen LogP contribution in [-0.2, 0) is 22.3 Å². The SMILES string of the molecule is C[C@H](NC(=O)Cn1ccc(C(F)(F)F)n1)C(=O)O. The Labute approximate surface area is 99.4 Å². The van der Waals surface area contributed by atoms with Crippen molar-refractivity contribution in [1.29, 1.82) is 0 Å². The first-order valence-electron chi connectivity index (χ1n) is 4.83. The van der Waals surface area contributed by atoms with E-state index in [1.807, 2.05) is 0 Å². The van der Waals surface area contributed by atoms with E-state index in [9.17, 15) is 22.8 Å². The third-order valence-corrected chi connectivity index (χ3v) is 1.98. The Kier molecular flexibility index (Phi) is 3.94. The fraction of sp³-hybridized carbons (Fsp3) is 0.444. The van der Waals surface area contributed by atoms with Crippen LogP contribution in [-0.4, -0.2) is 32.8 Å². The van der Waals surface area contributed by atoms with E-state index in [0.29, 0.717) is 0 Å². The van der Waals surface area contributed by atoms with Gasteiger partial charge in [0, 0.05) is 6.20 Å². The molecule has 0 unspecified atom stereocenters. The molecule has 0 aromatic carbocycles. The molecule has 9 heteroatoms. The van der Waals surface area contributed by atoms with Crippen LogP contribution in [0.2, 0.25) is 0 Å². The zero-order chi connectivity index (χ0) is 13.9. The highest BCUT2D eigenvalue weighted by atomic mass is 19.4. The molecule has 100 valence electrons. The molecular weight excluding hydrogens is 255 g/mol. The number of halogens is 3. The summed E-state index contributed by atoms with van der Waals surface area (Å²) in [6.07, 6.45) is -3.58. The fourth-order valence-corrected chi connectivity index (χ4v) is 1.10. The van der Waals surface area contributed by atoms with Gasteiger partial charge in [0.05, 0.1) is 0 Å². The highest BCUT2D eigenvalue weighted by Crippen LogP contribution is 2.27. The van der Waals surface area contributed by atoms with Crippen molar-refractivity contribution in [3.8, 4) is 0 Å². The van der Waals surface area contributed by atoms with E-state index in [0.717, 1.165) is 16.9 Å². The van der Waals surface area contributed by atoms with Crippen molar-refractivity contribution >= 4 is 11.9 Å². The van der Waals surface area contributed by atoms with Crippen molar-refractivity contribution < 1.29 is 27.9 Å². The highest BCUT2D eigenvalue weighted by molar-refractivity contribution is 5.82. The van der Waals surface area contributed by atoms with Crippen LogP contribution in [0.4, 0.5) is 13.2 Å². The fourth-order valence-electron chi connectivity index (χ4n) is 1.10. The summed E-state index contributed by atoms with van der Waals surface area (Å²) in [5.74, 6) is -1.97. The Hall–Kier alpha value is -2.06. The third-order valence-electron chi connectivity index (χ3n) is 1.98. The number of carbonyl (C=O) groups is 2. The highest BCUT2D eigenvalue weighted by Gasteiger charge is 2.33. The Balaban J connectivity index is 2.60. The molecule has 1 heterocycles. The number of carboxylic acid groups (broad SMARTS) is 1. The minimum atomic E-state index is -4.57. The van der Waals surface area contributed by atoms with Crippen LogP contribution in [0.1, 0.15) is 12.6 Å². The van der Waals surface area contributed by atoms with Crippen LogP contribution in [0.15, 0.2) is 12.3 Å². The maximum atomic E-state index is 12.2. The number of rotatable bonds is 4. The number of hydrogen-bond donors (Lipinski definition) is 2. The Morgan fingerprint density at radius 3 is 2.61 bits per heavy atom. The number of amides is 1. The molecular formula is C9H10F3N3O3. The van der Waals surface area contributed by atoms with Crippen molar-refractivity contribution in [2.45, 2.75) is 25.7 Å². The van der Waals surface area contributed by atoms with Crippen molar-refractivity contribution in [1.82, 2.24) is 15.1 Å². The molecule has 0 fully saturated rings. The van der Waals surface area contributed by atoms with E-state index in [-0.39, 0.29) is 0 Å². The summed E-state index contributed by atoms with van der Waals surface area (Å²) in [6, 6.07) is -0.386. The number of aromatic nitrogens is 2. The molecule has 1 aromatic rings. The molecule has 18 heavy (non-hydrogen) atoms. The zero-order valence-corrected chi connectivity index (χ0v) is 9.23. The third kappa shape index (κ3) is 3.75. The van der Waals surface area contributed by atoms with Crippen LogP contribution in [0.25, 0.3) is 0 Å². The molecule has 1 aromatic heterocycles. The van der Waals surface area contributed by atoms with E-state index in [4.69, 9.17) is 5.11 Å². The first-order valence-corrected chi connectivity index (χ1v) is 4.83. The average molecular weight is 265 g/mol. The van der Waals surface area contributed by atoms with Gasteiger partial charge in [-0.15, -0.1) is 0 Å². The Morgan fingerprint density at radius 2 is 2.17 bits per heavy atom. The first-order chi connectivity index (χ1) is 8.20. The van der Waals surface area contributed by atoms with Crippen molar-refractivity contribution in [2.24, 2.45) is 0 Å². The summed E-state index contributed by atoms with van der Waals surface area (Å²) in [4.78, 5) is 21.7. The van der Waals surface area contributed by atoms with Gasteiger partial charge in [0.2, 0.25) is 5.91 Å². The Morgan fingerprint density at radius 1 is 1.56 bits per heavy atom. The predicted octanol–water partition coefficient (Wildman–Crippen LogP) is 0.491. The summed E-state index contributed by atoms with van der Waals surface area (Å²) in [5, 5.41) is 13.8. The van der Waals surface area contributed by atoms with Gasteiger partial charge in [0.15, 0.2) is 5.69 Å². The molecule has 0 saturated carbocycles. The normalized spacial score (nSPS) is 13.1. The summed E-state index contributed by atoms with van der Waals surface area (Å²) in [6.45, 7) is 0.762. The lowest BCUT2D eigenvalue weighted by Crippen LogP contribution is -2.40. The van der Waals surface area contributed by atoms with Crippen LogP contribution in [0, 0.1) is 0 Å². The number of aliphatic carboxylic acids is 1. The van der Waals surface area contributed by atoms with Crippen molar-refractivity contribution in [3.05, 3.63) is 18.0 Å². The largest absolute Gasteiger partial charge is 0.480 e. The molecule has 6 nitrogen and oxygen atoms in total.